The number of hydrogen-bond acceptors (Lipinski definition) is 4. The van der Waals surface area contributed by atoms with Gasteiger partial charge in [-0.05, 0) is 31.6 Å². The van der Waals surface area contributed by atoms with Gasteiger partial charge >= 0.3 is 0 Å². The first-order valence-corrected chi connectivity index (χ1v) is 8.87. The summed E-state index contributed by atoms with van der Waals surface area (Å²) in [5.74, 6) is 1.29. The Bertz CT molecular complexity index is 447. The largest absolute Gasteiger partial charge is 0.391 e. The van der Waals surface area contributed by atoms with Gasteiger partial charge in [-0.15, -0.1) is 0 Å². The van der Waals surface area contributed by atoms with Crippen LogP contribution in [0.2, 0.25) is 0 Å². The average Bonchev–Trinajstić information content (AvgIpc) is 2.98. The highest BCUT2D eigenvalue weighted by Crippen LogP contribution is 2.45. The van der Waals surface area contributed by atoms with Crippen molar-refractivity contribution >= 4 is 16.5 Å². The smallest absolute Gasteiger partial charge is 0.186 e. The summed E-state index contributed by atoms with van der Waals surface area (Å²) in [7, 11) is 0. The number of hydrogen-bond donors (Lipinski definition) is 1. The number of nitrogens with zero attached hydrogens (tertiary/aromatic N) is 2. The van der Waals surface area contributed by atoms with Crippen LogP contribution in [-0.4, -0.2) is 22.7 Å². The minimum atomic E-state index is 0.156. The molecule has 112 valence electrons. The van der Waals surface area contributed by atoms with E-state index in [1.54, 1.807) is 11.3 Å². The number of aliphatic hydroxyl groups is 1. The molecule has 1 heterocycles. The third-order valence-corrected chi connectivity index (χ3v) is 5.49. The van der Waals surface area contributed by atoms with Gasteiger partial charge in [-0.25, -0.2) is 4.98 Å². The average molecular weight is 294 g/mol. The van der Waals surface area contributed by atoms with Gasteiger partial charge in [-0.2, -0.15) is 0 Å². The quantitative estimate of drug-likeness (QED) is 0.864. The van der Waals surface area contributed by atoms with E-state index < -0.39 is 0 Å². The SMILES string of the molecule is CC(C)CN(c1nc(C2CC2)c(CO)s1)C1CCCC1. The highest BCUT2D eigenvalue weighted by Gasteiger charge is 2.32. The van der Waals surface area contributed by atoms with E-state index in [2.05, 4.69) is 18.7 Å². The van der Waals surface area contributed by atoms with E-state index in [0.717, 1.165) is 16.6 Å². The summed E-state index contributed by atoms with van der Waals surface area (Å²) >= 11 is 1.73. The van der Waals surface area contributed by atoms with E-state index in [-0.39, 0.29) is 6.61 Å². The fourth-order valence-electron chi connectivity index (χ4n) is 3.26. The molecule has 1 N–H and O–H groups in total. The fourth-order valence-corrected chi connectivity index (χ4v) is 4.34. The monoisotopic (exact) mass is 294 g/mol. The second-order valence-corrected chi connectivity index (χ2v) is 7.78. The van der Waals surface area contributed by atoms with Gasteiger partial charge in [-0.3, -0.25) is 0 Å². The van der Waals surface area contributed by atoms with Crippen molar-refractivity contribution in [3.05, 3.63) is 10.6 Å². The Kier molecular flexibility index (Phi) is 4.32. The van der Waals surface area contributed by atoms with Crippen LogP contribution in [0.5, 0.6) is 0 Å². The number of rotatable bonds is 6. The molecular weight excluding hydrogens is 268 g/mol. The minimum absolute atomic E-state index is 0.156. The minimum Gasteiger partial charge on any atom is -0.391 e. The Morgan fingerprint density at radius 2 is 1.95 bits per heavy atom. The molecular formula is C16H26N2OS. The third kappa shape index (κ3) is 3.01. The molecule has 0 unspecified atom stereocenters. The zero-order valence-corrected chi connectivity index (χ0v) is 13.5. The topological polar surface area (TPSA) is 36.4 Å². The van der Waals surface area contributed by atoms with Crippen molar-refractivity contribution in [2.75, 3.05) is 11.4 Å². The molecule has 3 rings (SSSR count). The van der Waals surface area contributed by atoms with Crippen molar-refractivity contribution in [3.63, 3.8) is 0 Å². The summed E-state index contributed by atoms with van der Waals surface area (Å²) in [5.41, 5.74) is 1.19. The summed E-state index contributed by atoms with van der Waals surface area (Å²) in [6, 6.07) is 0.669. The summed E-state index contributed by atoms with van der Waals surface area (Å²) < 4.78 is 0. The Labute approximate surface area is 126 Å². The predicted molar refractivity (Wildman–Crippen MR) is 84.5 cm³/mol. The molecule has 20 heavy (non-hydrogen) atoms. The highest BCUT2D eigenvalue weighted by atomic mass is 32.1. The zero-order chi connectivity index (χ0) is 14.1. The lowest BCUT2D eigenvalue weighted by molar-refractivity contribution is 0.284. The molecule has 1 aromatic heterocycles. The molecule has 0 aliphatic heterocycles. The van der Waals surface area contributed by atoms with Crippen molar-refractivity contribution in [2.24, 2.45) is 5.92 Å². The number of anilines is 1. The predicted octanol–water partition coefficient (Wildman–Crippen LogP) is 3.92. The Hall–Kier alpha value is -0.610. The van der Waals surface area contributed by atoms with Gasteiger partial charge in [0.15, 0.2) is 5.13 Å². The van der Waals surface area contributed by atoms with Gasteiger partial charge in [0, 0.05) is 18.5 Å². The Morgan fingerprint density at radius 1 is 1.25 bits per heavy atom. The van der Waals surface area contributed by atoms with Crippen LogP contribution in [0.25, 0.3) is 0 Å². The molecule has 0 radical (unpaired) electrons. The maximum atomic E-state index is 9.59. The zero-order valence-electron chi connectivity index (χ0n) is 12.6. The van der Waals surface area contributed by atoms with Crippen molar-refractivity contribution in [1.29, 1.82) is 0 Å². The van der Waals surface area contributed by atoms with Crippen LogP contribution in [0, 0.1) is 5.92 Å². The maximum absolute atomic E-state index is 9.59. The molecule has 2 aliphatic rings. The lowest BCUT2D eigenvalue weighted by Gasteiger charge is -2.30. The van der Waals surface area contributed by atoms with Crippen LogP contribution in [0.1, 0.15) is 68.9 Å². The second kappa shape index (κ2) is 6.02. The van der Waals surface area contributed by atoms with Gasteiger partial charge in [0.05, 0.1) is 17.2 Å². The van der Waals surface area contributed by atoms with Crippen LogP contribution >= 0.6 is 11.3 Å². The van der Waals surface area contributed by atoms with E-state index in [1.807, 2.05) is 0 Å². The van der Waals surface area contributed by atoms with Gasteiger partial charge in [-0.1, -0.05) is 38.0 Å². The summed E-state index contributed by atoms with van der Waals surface area (Å²) in [4.78, 5) is 8.57. The van der Waals surface area contributed by atoms with Crippen LogP contribution in [0.15, 0.2) is 0 Å². The number of aliphatic hydroxyl groups excluding tert-OH is 1. The van der Waals surface area contributed by atoms with E-state index in [4.69, 9.17) is 4.98 Å². The van der Waals surface area contributed by atoms with Crippen molar-refractivity contribution in [3.8, 4) is 0 Å². The normalized spacial score (nSPS) is 20.0. The van der Waals surface area contributed by atoms with Crippen LogP contribution in [-0.2, 0) is 6.61 Å². The van der Waals surface area contributed by atoms with Crippen LogP contribution in [0.3, 0.4) is 0 Å². The van der Waals surface area contributed by atoms with E-state index in [0.29, 0.717) is 17.9 Å². The molecule has 0 saturated heterocycles. The molecule has 1 aromatic rings. The highest BCUT2D eigenvalue weighted by molar-refractivity contribution is 7.15. The molecule has 3 nitrogen and oxygen atoms in total. The first kappa shape index (κ1) is 14.3. The van der Waals surface area contributed by atoms with Crippen LogP contribution < -0.4 is 4.90 Å². The number of thiazole rings is 1. The summed E-state index contributed by atoms with van der Waals surface area (Å²) in [5, 5.41) is 10.8. The molecule has 0 atom stereocenters. The fraction of sp³-hybridized carbons (Fsp3) is 0.812. The lowest BCUT2D eigenvalue weighted by atomic mass is 10.1. The standard InChI is InChI=1S/C16H26N2OS/c1-11(2)9-18(13-5-3-4-6-13)16-17-15(12-7-8-12)14(10-19)20-16/h11-13,19H,3-10H2,1-2H3. The van der Waals surface area contributed by atoms with E-state index in [1.165, 1.54) is 44.2 Å². The summed E-state index contributed by atoms with van der Waals surface area (Å²) in [6.07, 6.45) is 7.83. The molecule has 0 bridgehead atoms. The van der Waals surface area contributed by atoms with Gasteiger partial charge in [0.1, 0.15) is 0 Å². The molecule has 0 amide bonds. The van der Waals surface area contributed by atoms with Crippen molar-refractivity contribution < 1.29 is 5.11 Å². The number of aromatic nitrogens is 1. The van der Waals surface area contributed by atoms with Crippen molar-refractivity contribution in [1.82, 2.24) is 4.98 Å². The van der Waals surface area contributed by atoms with Gasteiger partial charge in [0.25, 0.3) is 0 Å². The molecule has 2 saturated carbocycles. The van der Waals surface area contributed by atoms with E-state index >= 15 is 0 Å². The second-order valence-electron chi connectivity index (χ2n) is 6.72. The van der Waals surface area contributed by atoms with E-state index in [9.17, 15) is 5.11 Å². The van der Waals surface area contributed by atoms with Gasteiger partial charge in [0.2, 0.25) is 0 Å². The Balaban J connectivity index is 1.85. The molecule has 4 heteroatoms. The summed E-state index contributed by atoms with van der Waals surface area (Å²) in [6.45, 7) is 5.81. The van der Waals surface area contributed by atoms with Gasteiger partial charge < -0.3 is 10.0 Å². The lowest BCUT2D eigenvalue weighted by Crippen LogP contribution is -2.36. The van der Waals surface area contributed by atoms with Crippen molar-refractivity contribution in [2.45, 2.75) is 70.9 Å². The molecule has 0 aromatic carbocycles. The first-order valence-electron chi connectivity index (χ1n) is 8.06. The molecule has 0 spiro atoms. The molecule has 2 aliphatic carbocycles. The first-order chi connectivity index (χ1) is 9.69. The molecule has 2 fully saturated rings. The third-order valence-electron chi connectivity index (χ3n) is 4.40. The Morgan fingerprint density at radius 3 is 2.50 bits per heavy atom. The van der Waals surface area contributed by atoms with Crippen LogP contribution in [0.4, 0.5) is 5.13 Å². The maximum Gasteiger partial charge on any atom is 0.186 e.